The molecular weight excluding hydrogens is 331 g/mol. The molecule has 0 radical (unpaired) electrons. The van der Waals surface area contributed by atoms with Crippen LogP contribution in [0.2, 0.25) is 0 Å². The number of sulfonamides is 1. The molecule has 1 aliphatic rings. The predicted octanol–water partition coefficient (Wildman–Crippen LogP) is 1.88. The van der Waals surface area contributed by atoms with Crippen LogP contribution in [0.4, 0.5) is 22.0 Å². The smallest absolute Gasteiger partial charge is 0.249 e. The summed E-state index contributed by atoms with van der Waals surface area (Å²) in [4.78, 5) is -1.83. The van der Waals surface area contributed by atoms with Crippen molar-refractivity contribution in [3.8, 4) is 0 Å². The monoisotopic (exact) mass is 344 g/mol. The van der Waals surface area contributed by atoms with E-state index in [0.717, 1.165) is 0 Å². The van der Waals surface area contributed by atoms with Crippen LogP contribution in [0, 0.1) is 29.1 Å². The lowest BCUT2D eigenvalue weighted by atomic mass is 10.1. The predicted molar refractivity (Wildman–Crippen MR) is 66.8 cm³/mol. The van der Waals surface area contributed by atoms with Gasteiger partial charge in [-0.25, -0.2) is 30.4 Å². The number of halogens is 5. The van der Waals surface area contributed by atoms with Crippen molar-refractivity contribution in [3.05, 3.63) is 29.1 Å². The van der Waals surface area contributed by atoms with E-state index in [0.29, 0.717) is 23.6 Å². The Balaban J connectivity index is 2.64. The van der Waals surface area contributed by atoms with E-state index in [1.165, 1.54) is 0 Å². The molecule has 0 spiro atoms. The summed E-state index contributed by atoms with van der Waals surface area (Å²) < 4.78 is 92.3. The van der Waals surface area contributed by atoms with Crippen LogP contribution in [0.1, 0.15) is 19.3 Å². The Morgan fingerprint density at radius 2 is 1.45 bits per heavy atom. The van der Waals surface area contributed by atoms with Gasteiger partial charge in [-0.15, -0.1) is 0 Å². The summed E-state index contributed by atoms with van der Waals surface area (Å²) in [6.45, 7) is -0.210. The first kappa shape index (κ1) is 17.1. The molecule has 0 bridgehead atoms. The molecule has 1 aromatic rings. The molecule has 10 heteroatoms. The number of hydrogen-bond acceptors (Lipinski definition) is 3. The molecule has 124 valence electrons. The van der Waals surface area contributed by atoms with Crippen LogP contribution in [0.25, 0.3) is 0 Å². The molecule has 2 rings (SSSR count). The highest BCUT2D eigenvalue weighted by atomic mass is 32.2. The van der Waals surface area contributed by atoms with Gasteiger partial charge in [-0.2, -0.15) is 4.31 Å². The molecule has 1 unspecified atom stereocenters. The van der Waals surface area contributed by atoms with Crippen molar-refractivity contribution in [2.75, 3.05) is 13.1 Å². The van der Waals surface area contributed by atoms with Crippen LogP contribution >= 0.6 is 0 Å². The number of nitrogens with two attached hydrogens (primary N) is 1. The Morgan fingerprint density at radius 1 is 0.955 bits per heavy atom. The van der Waals surface area contributed by atoms with Gasteiger partial charge in [0.2, 0.25) is 15.8 Å². The maximum atomic E-state index is 13.7. The van der Waals surface area contributed by atoms with E-state index in [9.17, 15) is 30.4 Å². The first-order chi connectivity index (χ1) is 10.2. The van der Waals surface area contributed by atoms with Crippen molar-refractivity contribution >= 4 is 10.0 Å². The van der Waals surface area contributed by atoms with Gasteiger partial charge in [-0.1, -0.05) is 6.42 Å². The molecule has 0 aliphatic carbocycles. The average molecular weight is 344 g/mol. The summed E-state index contributed by atoms with van der Waals surface area (Å²) in [5, 5.41) is 0. The normalized spacial score (nSPS) is 20.4. The lowest BCUT2D eigenvalue weighted by molar-refractivity contribution is 0.254. The molecular formula is C12H13F5N2O2S. The minimum Gasteiger partial charge on any atom is -0.329 e. The van der Waals surface area contributed by atoms with Gasteiger partial charge in [0.15, 0.2) is 28.2 Å². The van der Waals surface area contributed by atoms with Gasteiger partial charge in [0.1, 0.15) is 0 Å². The summed E-state index contributed by atoms with van der Waals surface area (Å²) >= 11 is 0. The van der Waals surface area contributed by atoms with Gasteiger partial charge in [0, 0.05) is 19.1 Å². The second-order valence-electron chi connectivity index (χ2n) is 4.90. The van der Waals surface area contributed by atoms with Crippen molar-refractivity contribution in [1.82, 2.24) is 4.31 Å². The zero-order valence-corrected chi connectivity index (χ0v) is 12.1. The Labute approximate surface area is 123 Å². The first-order valence-electron chi connectivity index (χ1n) is 6.46. The van der Waals surface area contributed by atoms with Gasteiger partial charge in [0.25, 0.3) is 0 Å². The maximum Gasteiger partial charge on any atom is 0.249 e. The topological polar surface area (TPSA) is 63.4 Å². The van der Waals surface area contributed by atoms with E-state index in [1.54, 1.807) is 0 Å². The number of benzene rings is 1. The van der Waals surface area contributed by atoms with Gasteiger partial charge >= 0.3 is 0 Å². The lowest BCUT2D eigenvalue weighted by Crippen LogP contribution is -2.47. The highest BCUT2D eigenvalue weighted by Gasteiger charge is 2.40. The molecule has 0 saturated carbocycles. The molecule has 1 aromatic carbocycles. The minimum absolute atomic E-state index is 0.0936. The maximum absolute atomic E-state index is 13.7. The second-order valence-corrected chi connectivity index (χ2v) is 6.73. The van der Waals surface area contributed by atoms with Gasteiger partial charge in [-0.3, -0.25) is 0 Å². The van der Waals surface area contributed by atoms with Crippen LogP contribution in [-0.2, 0) is 10.0 Å². The molecule has 1 fully saturated rings. The van der Waals surface area contributed by atoms with Crippen LogP contribution < -0.4 is 5.73 Å². The molecule has 4 nitrogen and oxygen atoms in total. The zero-order valence-electron chi connectivity index (χ0n) is 11.3. The number of piperidine rings is 1. The van der Waals surface area contributed by atoms with Crippen LogP contribution in [0.5, 0.6) is 0 Å². The van der Waals surface area contributed by atoms with E-state index >= 15 is 0 Å². The van der Waals surface area contributed by atoms with Crippen LogP contribution in [0.3, 0.4) is 0 Å². The summed E-state index contributed by atoms with van der Waals surface area (Å²) in [5.74, 6) is -11.7. The third-order valence-corrected chi connectivity index (χ3v) is 5.55. The van der Waals surface area contributed by atoms with Crippen molar-refractivity contribution < 1.29 is 30.4 Å². The Kier molecular flexibility index (Phi) is 4.73. The lowest BCUT2D eigenvalue weighted by Gasteiger charge is -2.34. The minimum atomic E-state index is -4.89. The van der Waals surface area contributed by atoms with Crippen molar-refractivity contribution in [2.24, 2.45) is 5.73 Å². The van der Waals surface area contributed by atoms with E-state index in [2.05, 4.69) is 0 Å². The average Bonchev–Trinajstić information content (AvgIpc) is 2.50. The highest BCUT2D eigenvalue weighted by Crippen LogP contribution is 2.31. The van der Waals surface area contributed by atoms with Crippen LogP contribution in [0.15, 0.2) is 4.90 Å². The fourth-order valence-electron chi connectivity index (χ4n) is 2.45. The Morgan fingerprint density at radius 3 is 1.95 bits per heavy atom. The number of hydrogen-bond donors (Lipinski definition) is 1. The Hall–Kier alpha value is -1.26. The van der Waals surface area contributed by atoms with Crippen LogP contribution in [-0.4, -0.2) is 31.9 Å². The third-order valence-electron chi connectivity index (χ3n) is 3.58. The zero-order chi connectivity index (χ0) is 16.7. The van der Waals surface area contributed by atoms with Gasteiger partial charge in [0.05, 0.1) is 0 Å². The molecule has 0 amide bonds. The fourth-order valence-corrected chi connectivity index (χ4v) is 4.27. The van der Waals surface area contributed by atoms with E-state index < -0.39 is 50.0 Å². The molecule has 1 heterocycles. The molecule has 1 saturated heterocycles. The molecule has 2 N–H and O–H groups in total. The quantitative estimate of drug-likeness (QED) is 0.517. The van der Waals surface area contributed by atoms with Gasteiger partial charge in [-0.05, 0) is 12.8 Å². The van der Waals surface area contributed by atoms with E-state index in [-0.39, 0.29) is 13.1 Å². The third kappa shape index (κ3) is 2.59. The fraction of sp³-hybridized carbons (Fsp3) is 0.500. The van der Waals surface area contributed by atoms with E-state index in [1.807, 2.05) is 0 Å². The van der Waals surface area contributed by atoms with Gasteiger partial charge < -0.3 is 5.73 Å². The first-order valence-corrected chi connectivity index (χ1v) is 7.90. The standard InChI is InChI=1S/C12H13F5N2O2S/c13-7-8(14)10(16)12(11(17)9(7)15)22(20,21)19-4-2-1-3-6(19)5-18/h6H,1-5,18H2. The van der Waals surface area contributed by atoms with Crippen molar-refractivity contribution in [3.63, 3.8) is 0 Å². The summed E-state index contributed by atoms with van der Waals surface area (Å²) in [6, 6.07) is -0.742. The molecule has 0 aromatic heterocycles. The summed E-state index contributed by atoms with van der Waals surface area (Å²) in [5.41, 5.74) is 5.43. The molecule has 1 atom stereocenters. The number of rotatable bonds is 3. The number of nitrogens with zero attached hydrogens (tertiary/aromatic N) is 1. The summed E-state index contributed by atoms with van der Waals surface area (Å²) in [7, 11) is -4.89. The SMILES string of the molecule is NCC1CCCCN1S(=O)(=O)c1c(F)c(F)c(F)c(F)c1F. The largest absolute Gasteiger partial charge is 0.329 e. The highest BCUT2D eigenvalue weighted by molar-refractivity contribution is 7.89. The van der Waals surface area contributed by atoms with Crippen molar-refractivity contribution in [1.29, 1.82) is 0 Å². The molecule has 22 heavy (non-hydrogen) atoms. The Bertz CT molecular complexity index is 666. The second kappa shape index (κ2) is 6.09. The summed E-state index contributed by atoms with van der Waals surface area (Å²) in [6.07, 6.45) is 1.42. The molecule has 1 aliphatic heterocycles. The van der Waals surface area contributed by atoms with E-state index in [4.69, 9.17) is 5.73 Å². The van der Waals surface area contributed by atoms with Crippen molar-refractivity contribution in [2.45, 2.75) is 30.2 Å².